The fourth-order valence-electron chi connectivity index (χ4n) is 3.12. The van der Waals surface area contributed by atoms with Crippen LogP contribution in [-0.2, 0) is 22.6 Å². The van der Waals surface area contributed by atoms with Gasteiger partial charge in [0.25, 0.3) is 0 Å². The third-order valence-corrected chi connectivity index (χ3v) is 5.39. The normalized spacial score (nSPS) is 22.8. The van der Waals surface area contributed by atoms with Crippen LogP contribution in [0.15, 0.2) is 0 Å². The second-order valence-electron chi connectivity index (χ2n) is 6.15. The van der Waals surface area contributed by atoms with Crippen LogP contribution in [0.5, 0.6) is 0 Å². The van der Waals surface area contributed by atoms with Gasteiger partial charge < -0.3 is 4.74 Å². The number of thioether (sulfide) groups is 1. The van der Waals surface area contributed by atoms with E-state index in [1.165, 1.54) is 18.4 Å². The van der Waals surface area contributed by atoms with Crippen molar-refractivity contribution in [2.75, 3.05) is 20.2 Å². The number of carbonyl (C=O) groups is 1. The molecule has 0 radical (unpaired) electrons. The van der Waals surface area contributed by atoms with Gasteiger partial charge in [-0.2, -0.15) is 16.9 Å². The zero-order chi connectivity index (χ0) is 16.3. The van der Waals surface area contributed by atoms with Crippen LogP contribution in [0.4, 0.5) is 0 Å². The molecule has 1 fully saturated rings. The number of aromatic nitrogens is 2. The quantitative estimate of drug-likeness (QED) is 0.778. The molecule has 1 saturated heterocycles. The lowest BCUT2D eigenvalue weighted by molar-refractivity contribution is -0.140. The molecule has 2 atom stereocenters. The highest BCUT2D eigenvalue weighted by atomic mass is 32.2. The molecule has 1 aromatic heterocycles. The topological polar surface area (TPSA) is 47.4 Å². The van der Waals surface area contributed by atoms with Gasteiger partial charge >= 0.3 is 5.97 Å². The van der Waals surface area contributed by atoms with E-state index in [0.717, 1.165) is 25.3 Å². The SMILES string of the molecule is COC(=O)CCn1nc(C)c(CN2C[C@@H](C)S[C@@H](C)C2)c1C. The summed E-state index contributed by atoms with van der Waals surface area (Å²) < 4.78 is 6.64. The number of esters is 1. The summed E-state index contributed by atoms with van der Waals surface area (Å²) in [5, 5.41) is 5.96. The van der Waals surface area contributed by atoms with E-state index in [-0.39, 0.29) is 5.97 Å². The molecule has 22 heavy (non-hydrogen) atoms. The highest BCUT2D eigenvalue weighted by Gasteiger charge is 2.24. The van der Waals surface area contributed by atoms with Gasteiger partial charge in [0.1, 0.15) is 0 Å². The number of hydrogen-bond acceptors (Lipinski definition) is 5. The molecule has 0 spiro atoms. The number of rotatable bonds is 5. The standard InChI is InChI=1S/C16H27N3O2S/c1-11-8-18(9-12(2)22-11)10-15-13(3)17-19(14(15)4)7-6-16(20)21-5/h11-12H,6-10H2,1-5H3/t11-,12+. The molecule has 0 bridgehead atoms. The molecule has 6 heteroatoms. The lowest BCUT2D eigenvalue weighted by Crippen LogP contribution is -2.39. The summed E-state index contributed by atoms with van der Waals surface area (Å²) in [6.07, 6.45) is 0.367. The molecule has 0 N–H and O–H groups in total. The molecule has 0 amide bonds. The maximum atomic E-state index is 11.3. The molecule has 1 aromatic rings. The van der Waals surface area contributed by atoms with Crippen molar-refractivity contribution >= 4 is 17.7 Å². The predicted octanol–water partition coefficient (Wildman–Crippen LogP) is 2.39. The number of aryl methyl sites for hydroxylation is 2. The molecule has 124 valence electrons. The Morgan fingerprint density at radius 2 is 1.95 bits per heavy atom. The smallest absolute Gasteiger partial charge is 0.307 e. The molecule has 1 aliphatic rings. The Bertz CT molecular complexity index is 520. The highest BCUT2D eigenvalue weighted by molar-refractivity contribution is 8.00. The molecule has 2 rings (SSSR count). The summed E-state index contributed by atoms with van der Waals surface area (Å²) in [7, 11) is 1.42. The highest BCUT2D eigenvalue weighted by Crippen LogP contribution is 2.27. The van der Waals surface area contributed by atoms with Gasteiger partial charge in [-0.1, -0.05) is 13.8 Å². The molecule has 0 saturated carbocycles. The van der Waals surface area contributed by atoms with E-state index in [9.17, 15) is 4.79 Å². The average Bonchev–Trinajstić information content (AvgIpc) is 2.71. The summed E-state index contributed by atoms with van der Waals surface area (Å²) in [5.41, 5.74) is 3.54. The molecular weight excluding hydrogens is 298 g/mol. The Balaban J connectivity index is 2.05. The third kappa shape index (κ3) is 4.26. The minimum atomic E-state index is -0.190. The number of hydrogen-bond donors (Lipinski definition) is 0. The Morgan fingerprint density at radius 1 is 1.32 bits per heavy atom. The monoisotopic (exact) mass is 325 g/mol. The van der Waals surface area contributed by atoms with E-state index >= 15 is 0 Å². The van der Waals surface area contributed by atoms with Gasteiger partial charge in [-0.3, -0.25) is 14.4 Å². The molecule has 0 aromatic carbocycles. The van der Waals surface area contributed by atoms with Crippen molar-refractivity contribution in [3.8, 4) is 0 Å². The van der Waals surface area contributed by atoms with Crippen molar-refractivity contribution in [3.05, 3.63) is 17.0 Å². The van der Waals surface area contributed by atoms with Crippen LogP contribution < -0.4 is 0 Å². The number of carbonyl (C=O) groups excluding carboxylic acids is 1. The first-order valence-electron chi connectivity index (χ1n) is 7.88. The van der Waals surface area contributed by atoms with Gasteiger partial charge in [-0.25, -0.2) is 0 Å². The summed E-state index contributed by atoms with van der Waals surface area (Å²) in [5.74, 6) is -0.190. The van der Waals surface area contributed by atoms with Crippen LogP contribution in [0, 0.1) is 13.8 Å². The van der Waals surface area contributed by atoms with Crippen molar-refractivity contribution in [2.45, 2.75) is 57.7 Å². The van der Waals surface area contributed by atoms with Gasteiger partial charge in [-0.15, -0.1) is 0 Å². The second kappa shape index (κ2) is 7.51. The van der Waals surface area contributed by atoms with E-state index in [1.54, 1.807) is 0 Å². The molecule has 1 aliphatic heterocycles. The number of methoxy groups -OCH3 is 1. The summed E-state index contributed by atoms with van der Waals surface area (Å²) in [6, 6.07) is 0. The van der Waals surface area contributed by atoms with E-state index in [1.807, 2.05) is 4.68 Å². The van der Waals surface area contributed by atoms with Crippen LogP contribution >= 0.6 is 11.8 Å². The average molecular weight is 325 g/mol. The van der Waals surface area contributed by atoms with Gasteiger partial charge in [-0.05, 0) is 13.8 Å². The zero-order valence-electron chi connectivity index (χ0n) is 14.3. The minimum absolute atomic E-state index is 0.190. The molecule has 0 unspecified atom stereocenters. The fourth-order valence-corrected chi connectivity index (χ4v) is 4.50. The van der Waals surface area contributed by atoms with Crippen molar-refractivity contribution in [1.29, 1.82) is 0 Å². The Kier molecular flexibility index (Phi) is 5.92. The summed E-state index contributed by atoms with van der Waals surface area (Å²) >= 11 is 2.07. The Hall–Kier alpha value is -1.01. The van der Waals surface area contributed by atoms with E-state index < -0.39 is 0 Å². The van der Waals surface area contributed by atoms with Crippen molar-refractivity contribution in [2.24, 2.45) is 0 Å². The van der Waals surface area contributed by atoms with Gasteiger partial charge in [0, 0.05) is 41.4 Å². The zero-order valence-corrected chi connectivity index (χ0v) is 15.1. The van der Waals surface area contributed by atoms with Crippen molar-refractivity contribution in [1.82, 2.24) is 14.7 Å². The van der Waals surface area contributed by atoms with E-state index in [2.05, 4.69) is 49.5 Å². The van der Waals surface area contributed by atoms with Crippen LogP contribution in [0.25, 0.3) is 0 Å². The predicted molar refractivity (Wildman–Crippen MR) is 90.1 cm³/mol. The number of nitrogens with zero attached hydrogens (tertiary/aromatic N) is 3. The van der Waals surface area contributed by atoms with Crippen molar-refractivity contribution in [3.63, 3.8) is 0 Å². The largest absolute Gasteiger partial charge is 0.469 e. The lowest BCUT2D eigenvalue weighted by Gasteiger charge is -2.34. The fraction of sp³-hybridized carbons (Fsp3) is 0.750. The number of ether oxygens (including phenoxy) is 1. The maximum absolute atomic E-state index is 11.3. The van der Waals surface area contributed by atoms with Gasteiger partial charge in [0.2, 0.25) is 0 Å². The first-order chi connectivity index (χ1) is 10.4. The van der Waals surface area contributed by atoms with Crippen LogP contribution in [0.2, 0.25) is 0 Å². The van der Waals surface area contributed by atoms with Crippen LogP contribution in [0.3, 0.4) is 0 Å². The summed E-state index contributed by atoms with van der Waals surface area (Å²) in [4.78, 5) is 13.8. The molecule has 0 aliphatic carbocycles. The Labute approximate surface area is 137 Å². The molecular formula is C16H27N3O2S. The van der Waals surface area contributed by atoms with Crippen molar-refractivity contribution < 1.29 is 9.53 Å². The van der Waals surface area contributed by atoms with E-state index in [4.69, 9.17) is 4.74 Å². The molecule has 5 nitrogen and oxygen atoms in total. The third-order valence-electron chi connectivity index (χ3n) is 4.16. The minimum Gasteiger partial charge on any atom is -0.469 e. The van der Waals surface area contributed by atoms with Crippen LogP contribution in [-0.4, -0.2) is 51.3 Å². The van der Waals surface area contributed by atoms with Crippen LogP contribution in [0.1, 0.15) is 37.2 Å². The first-order valence-corrected chi connectivity index (χ1v) is 8.82. The van der Waals surface area contributed by atoms with Gasteiger partial charge in [0.05, 0.1) is 25.8 Å². The second-order valence-corrected chi connectivity index (χ2v) is 8.03. The first kappa shape index (κ1) is 17.3. The maximum Gasteiger partial charge on any atom is 0.307 e. The molecule has 2 heterocycles. The van der Waals surface area contributed by atoms with E-state index in [0.29, 0.717) is 23.5 Å². The van der Waals surface area contributed by atoms with Gasteiger partial charge in [0.15, 0.2) is 0 Å². The summed E-state index contributed by atoms with van der Waals surface area (Å²) in [6.45, 7) is 12.5. The lowest BCUT2D eigenvalue weighted by atomic mass is 10.1. The Morgan fingerprint density at radius 3 is 2.55 bits per heavy atom.